The molecule has 11 nitrogen and oxygen atoms in total. The second-order valence-electron chi connectivity index (χ2n) is 7.51. The molecule has 1 aliphatic rings. The van der Waals surface area contributed by atoms with Gasteiger partial charge in [0.05, 0.1) is 32.6 Å². The van der Waals surface area contributed by atoms with E-state index in [1.165, 1.54) is 43.5 Å². The molecular weight excluding hydrogens is 529 g/mol. The molecule has 3 aromatic rings. The zero-order chi connectivity index (χ0) is 26.7. The quantitative estimate of drug-likeness (QED) is 0.151. The Morgan fingerprint density at radius 2 is 1.73 bits per heavy atom. The van der Waals surface area contributed by atoms with Crippen LogP contribution in [0.3, 0.4) is 0 Å². The molecule has 0 spiro atoms. The third kappa shape index (κ3) is 5.68. The highest BCUT2D eigenvalue weighted by atomic mass is 35.5. The van der Waals surface area contributed by atoms with Crippen molar-refractivity contribution in [3.63, 3.8) is 0 Å². The Labute approximate surface area is 218 Å². The van der Waals surface area contributed by atoms with Crippen molar-refractivity contribution in [3.05, 3.63) is 107 Å². The number of carbonyl (C=O) groups is 1. The Balaban J connectivity index is 1.61. The second-order valence-corrected chi connectivity index (χ2v) is 8.32. The number of methoxy groups -OCH3 is 1. The predicted molar refractivity (Wildman–Crippen MR) is 134 cm³/mol. The number of carbonyl (C=O) groups excluding carboxylic acids is 1. The lowest BCUT2D eigenvalue weighted by atomic mass is 10.1. The first-order valence-corrected chi connectivity index (χ1v) is 11.1. The Morgan fingerprint density at radius 1 is 1.00 bits per heavy atom. The zero-order valence-corrected chi connectivity index (χ0v) is 20.4. The highest BCUT2D eigenvalue weighted by molar-refractivity contribution is 6.34. The molecule has 0 atom stereocenters. The van der Waals surface area contributed by atoms with Crippen LogP contribution in [0.5, 0.6) is 11.5 Å². The van der Waals surface area contributed by atoms with E-state index in [9.17, 15) is 25.0 Å². The van der Waals surface area contributed by atoms with Gasteiger partial charge in [0, 0.05) is 24.3 Å². The Bertz CT molecular complexity index is 1500. The van der Waals surface area contributed by atoms with E-state index in [4.69, 9.17) is 37.4 Å². The lowest BCUT2D eigenvalue weighted by Crippen LogP contribution is -2.06. The molecule has 0 amide bonds. The number of hydrogen-bond acceptors (Lipinski definition) is 9. The van der Waals surface area contributed by atoms with Crippen LogP contribution in [0.2, 0.25) is 10.0 Å². The summed E-state index contributed by atoms with van der Waals surface area (Å²) < 4.78 is 16.3. The smallest absolute Gasteiger partial charge is 0.363 e. The molecule has 37 heavy (non-hydrogen) atoms. The van der Waals surface area contributed by atoms with E-state index >= 15 is 0 Å². The largest absolute Gasteiger partial charge is 0.493 e. The van der Waals surface area contributed by atoms with Crippen LogP contribution in [-0.4, -0.2) is 28.8 Å². The molecule has 0 N–H and O–H groups in total. The molecule has 0 unspecified atom stereocenters. The van der Waals surface area contributed by atoms with Gasteiger partial charge in [-0.3, -0.25) is 20.2 Å². The van der Waals surface area contributed by atoms with E-state index < -0.39 is 15.8 Å². The number of nitro benzene ring substituents is 2. The van der Waals surface area contributed by atoms with Crippen molar-refractivity contribution in [2.75, 3.05) is 7.11 Å². The lowest BCUT2D eigenvalue weighted by molar-refractivity contribution is -0.385. The molecule has 0 fully saturated rings. The standard InChI is InChI=1S/C24H15Cl2N3O8/c1-35-21-10-14(8-19(26)22(21)36-12-13-3-2-4-15(7-13)28(31)32)9-20-24(30)37-23(27-20)17-11-16(29(33)34)5-6-18(17)25/h2-11H,12H2,1H3/b20-9-. The van der Waals surface area contributed by atoms with Gasteiger partial charge >= 0.3 is 5.97 Å². The van der Waals surface area contributed by atoms with Crippen molar-refractivity contribution in [1.29, 1.82) is 0 Å². The summed E-state index contributed by atoms with van der Waals surface area (Å²) in [5.41, 5.74) is 0.651. The van der Waals surface area contributed by atoms with E-state index in [0.717, 1.165) is 6.07 Å². The monoisotopic (exact) mass is 543 g/mol. The molecule has 0 aliphatic carbocycles. The van der Waals surface area contributed by atoms with Crippen LogP contribution in [-0.2, 0) is 16.1 Å². The van der Waals surface area contributed by atoms with Gasteiger partial charge in [0.2, 0.25) is 5.90 Å². The third-order valence-corrected chi connectivity index (χ3v) is 5.68. The van der Waals surface area contributed by atoms with Gasteiger partial charge in [-0.05, 0) is 35.4 Å². The van der Waals surface area contributed by atoms with Crippen molar-refractivity contribution < 1.29 is 28.9 Å². The van der Waals surface area contributed by atoms with E-state index in [0.29, 0.717) is 11.1 Å². The first kappa shape index (κ1) is 25.6. The molecular formula is C24H15Cl2N3O8. The van der Waals surface area contributed by atoms with Crippen LogP contribution >= 0.6 is 23.2 Å². The number of non-ortho nitro benzene ring substituents is 2. The maximum Gasteiger partial charge on any atom is 0.363 e. The Morgan fingerprint density at radius 3 is 2.43 bits per heavy atom. The summed E-state index contributed by atoms with van der Waals surface area (Å²) in [4.78, 5) is 37.5. The fourth-order valence-corrected chi connectivity index (χ4v) is 3.82. The normalized spacial score (nSPS) is 13.8. The van der Waals surface area contributed by atoms with E-state index in [1.807, 2.05) is 0 Å². The summed E-state index contributed by atoms with van der Waals surface area (Å²) >= 11 is 12.5. The summed E-state index contributed by atoms with van der Waals surface area (Å²) in [6.07, 6.45) is 1.39. The average molecular weight is 544 g/mol. The topological polar surface area (TPSA) is 143 Å². The number of nitrogens with zero attached hydrogens (tertiary/aromatic N) is 3. The summed E-state index contributed by atoms with van der Waals surface area (Å²) in [5, 5.41) is 22.3. The van der Waals surface area contributed by atoms with Gasteiger partial charge in [-0.25, -0.2) is 9.79 Å². The maximum absolute atomic E-state index is 12.4. The number of benzene rings is 3. The van der Waals surface area contributed by atoms with Gasteiger partial charge in [-0.15, -0.1) is 0 Å². The molecule has 0 saturated carbocycles. The van der Waals surface area contributed by atoms with Crippen molar-refractivity contribution in [2.45, 2.75) is 6.61 Å². The van der Waals surface area contributed by atoms with Gasteiger partial charge in [-0.1, -0.05) is 35.3 Å². The molecule has 4 rings (SSSR count). The summed E-state index contributed by atoms with van der Waals surface area (Å²) in [5.74, 6) is -0.542. The maximum atomic E-state index is 12.4. The number of halogens is 2. The molecule has 1 aliphatic heterocycles. The highest BCUT2D eigenvalue weighted by Crippen LogP contribution is 2.38. The number of cyclic esters (lactones) is 1. The second kappa shape index (κ2) is 10.6. The number of ether oxygens (including phenoxy) is 3. The first-order chi connectivity index (χ1) is 17.7. The SMILES string of the molecule is COc1cc(/C=C2\N=C(c3cc([N+](=O)[O-])ccc3Cl)OC2=O)cc(Cl)c1OCc1cccc([N+](=O)[O-])c1. The van der Waals surface area contributed by atoms with E-state index in [-0.39, 0.29) is 56.7 Å². The lowest BCUT2D eigenvalue weighted by Gasteiger charge is -2.13. The number of rotatable bonds is 8. The minimum atomic E-state index is -0.793. The van der Waals surface area contributed by atoms with Gasteiger partial charge < -0.3 is 14.2 Å². The van der Waals surface area contributed by atoms with Gasteiger partial charge in [0.1, 0.15) is 6.61 Å². The molecule has 1 heterocycles. The predicted octanol–water partition coefficient (Wildman–Crippen LogP) is 5.74. The molecule has 0 bridgehead atoms. The molecule has 13 heteroatoms. The summed E-state index contributed by atoms with van der Waals surface area (Å²) in [6.45, 7) is -0.0118. The first-order valence-electron chi connectivity index (χ1n) is 10.4. The Hall–Kier alpha value is -4.48. The van der Waals surface area contributed by atoms with Gasteiger partial charge in [-0.2, -0.15) is 0 Å². The van der Waals surface area contributed by atoms with Crippen LogP contribution in [0.4, 0.5) is 11.4 Å². The number of aliphatic imine (C=N–C) groups is 1. The number of nitro groups is 2. The number of hydrogen-bond donors (Lipinski definition) is 0. The minimum absolute atomic E-state index is 0.0118. The molecule has 0 radical (unpaired) electrons. The Kier molecular flexibility index (Phi) is 7.37. The third-order valence-electron chi connectivity index (χ3n) is 5.07. The molecule has 188 valence electrons. The summed E-state index contributed by atoms with van der Waals surface area (Å²) in [7, 11) is 1.40. The fraction of sp³-hybridized carbons (Fsp3) is 0.0833. The van der Waals surface area contributed by atoms with E-state index in [1.54, 1.807) is 18.2 Å². The van der Waals surface area contributed by atoms with E-state index in [2.05, 4.69) is 4.99 Å². The molecule has 3 aromatic carbocycles. The van der Waals surface area contributed by atoms with Crippen LogP contribution in [0, 0.1) is 20.2 Å². The fourth-order valence-electron chi connectivity index (χ4n) is 3.35. The van der Waals surface area contributed by atoms with Crippen LogP contribution < -0.4 is 9.47 Å². The van der Waals surface area contributed by atoms with Crippen molar-refractivity contribution in [3.8, 4) is 11.5 Å². The number of esters is 1. The van der Waals surface area contributed by atoms with Crippen LogP contribution in [0.25, 0.3) is 6.08 Å². The average Bonchev–Trinajstić information content (AvgIpc) is 3.22. The van der Waals surface area contributed by atoms with Crippen LogP contribution in [0.1, 0.15) is 16.7 Å². The minimum Gasteiger partial charge on any atom is -0.493 e. The van der Waals surface area contributed by atoms with Crippen molar-refractivity contribution >= 4 is 52.5 Å². The molecule has 0 aromatic heterocycles. The van der Waals surface area contributed by atoms with Gasteiger partial charge in [0.15, 0.2) is 17.2 Å². The molecule has 0 saturated heterocycles. The van der Waals surface area contributed by atoms with Crippen LogP contribution in [0.15, 0.2) is 65.3 Å². The van der Waals surface area contributed by atoms with Crippen molar-refractivity contribution in [2.24, 2.45) is 4.99 Å². The van der Waals surface area contributed by atoms with Gasteiger partial charge in [0.25, 0.3) is 11.4 Å². The summed E-state index contributed by atoms with van der Waals surface area (Å²) in [6, 6.07) is 12.7. The zero-order valence-electron chi connectivity index (χ0n) is 18.8. The van der Waals surface area contributed by atoms with Crippen molar-refractivity contribution in [1.82, 2.24) is 0 Å². The highest BCUT2D eigenvalue weighted by Gasteiger charge is 2.27.